The van der Waals surface area contributed by atoms with E-state index >= 15 is 0 Å². The minimum Gasteiger partial charge on any atom is -0.366 e. The molecule has 0 atom stereocenters. The van der Waals surface area contributed by atoms with Crippen molar-refractivity contribution < 1.29 is 4.79 Å². The third-order valence-electron chi connectivity index (χ3n) is 1.13. The first-order valence-corrected chi connectivity index (χ1v) is 4.49. The van der Waals surface area contributed by atoms with Crippen molar-refractivity contribution in [3.05, 3.63) is 11.6 Å². The van der Waals surface area contributed by atoms with Crippen molar-refractivity contribution in [2.24, 2.45) is 5.73 Å². The average Bonchev–Trinajstić information content (AvgIpc) is 1.98. The third kappa shape index (κ3) is 31.8. The zero-order valence-electron chi connectivity index (χ0n) is 10.5. The largest absolute Gasteiger partial charge is 0.366 e. The molecule has 0 unspecified atom stereocenters. The Morgan fingerprint density at radius 2 is 1.67 bits per heavy atom. The number of carbonyl (C=O) groups excluding carboxylic acids is 1. The number of amides is 1. The van der Waals surface area contributed by atoms with E-state index in [-0.39, 0.29) is 24.5 Å². The van der Waals surface area contributed by atoms with Crippen LogP contribution in [0.4, 0.5) is 0 Å². The fourth-order valence-electron chi connectivity index (χ4n) is 0.461. The van der Waals surface area contributed by atoms with Crippen LogP contribution >= 0.6 is 12.4 Å². The van der Waals surface area contributed by atoms with Crippen LogP contribution in [0.3, 0.4) is 0 Å². The first-order chi connectivity index (χ1) is 5.91. The SMILES string of the molecule is CCCC=C(C)C(N)=O.CN(C)C.Cl.N. The van der Waals surface area contributed by atoms with Crippen LogP contribution in [0.15, 0.2) is 11.6 Å². The van der Waals surface area contributed by atoms with E-state index in [0.29, 0.717) is 5.57 Å². The molecule has 0 aromatic rings. The van der Waals surface area contributed by atoms with E-state index in [1.807, 2.05) is 32.1 Å². The van der Waals surface area contributed by atoms with Gasteiger partial charge in [-0.05, 0) is 34.5 Å². The Morgan fingerprint density at radius 1 is 1.33 bits per heavy atom. The van der Waals surface area contributed by atoms with Gasteiger partial charge in [0.1, 0.15) is 0 Å². The number of hydrogen-bond acceptors (Lipinski definition) is 3. The van der Waals surface area contributed by atoms with Gasteiger partial charge in [0, 0.05) is 5.57 Å². The summed E-state index contributed by atoms with van der Waals surface area (Å²) in [5, 5.41) is 0. The topological polar surface area (TPSA) is 81.3 Å². The first kappa shape index (κ1) is 23.9. The highest BCUT2D eigenvalue weighted by molar-refractivity contribution is 5.91. The van der Waals surface area contributed by atoms with E-state index in [1.54, 1.807) is 6.92 Å². The smallest absolute Gasteiger partial charge is 0.244 e. The molecule has 0 heterocycles. The van der Waals surface area contributed by atoms with Crippen LogP contribution in [-0.2, 0) is 4.79 Å². The van der Waals surface area contributed by atoms with Crippen molar-refractivity contribution >= 4 is 18.3 Å². The molecule has 5 N–H and O–H groups in total. The zero-order valence-corrected chi connectivity index (χ0v) is 11.4. The fourth-order valence-corrected chi connectivity index (χ4v) is 0.461. The van der Waals surface area contributed by atoms with Gasteiger partial charge in [-0.25, -0.2) is 0 Å². The molecule has 0 aromatic heterocycles. The van der Waals surface area contributed by atoms with Gasteiger partial charge in [-0.2, -0.15) is 0 Å². The van der Waals surface area contributed by atoms with Gasteiger partial charge in [0.25, 0.3) is 0 Å². The van der Waals surface area contributed by atoms with Crippen LogP contribution in [0.2, 0.25) is 0 Å². The van der Waals surface area contributed by atoms with Gasteiger partial charge in [-0.15, -0.1) is 12.4 Å². The van der Waals surface area contributed by atoms with Crippen LogP contribution < -0.4 is 11.9 Å². The van der Waals surface area contributed by atoms with Gasteiger partial charge in [-0.3, -0.25) is 4.79 Å². The normalized spacial score (nSPS) is 9.33. The summed E-state index contributed by atoms with van der Waals surface area (Å²) >= 11 is 0. The summed E-state index contributed by atoms with van der Waals surface area (Å²) in [6, 6.07) is 0. The summed E-state index contributed by atoms with van der Waals surface area (Å²) in [5.41, 5.74) is 5.63. The van der Waals surface area contributed by atoms with Crippen molar-refractivity contribution in [1.82, 2.24) is 11.1 Å². The summed E-state index contributed by atoms with van der Waals surface area (Å²) in [7, 11) is 6.00. The van der Waals surface area contributed by atoms with Gasteiger partial charge in [-0.1, -0.05) is 19.4 Å². The molecule has 94 valence electrons. The van der Waals surface area contributed by atoms with E-state index < -0.39 is 0 Å². The summed E-state index contributed by atoms with van der Waals surface area (Å²) in [4.78, 5) is 12.4. The number of unbranched alkanes of at least 4 members (excludes halogenated alkanes) is 1. The minimum atomic E-state index is -0.316. The molecule has 0 aliphatic carbocycles. The Hall–Kier alpha value is -0.580. The number of nitrogens with two attached hydrogens (primary N) is 1. The third-order valence-corrected chi connectivity index (χ3v) is 1.13. The predicted molar refractivity (Wildman–Crippen MR) is 69.7 cm³/mol. The molecule has 0 saturated heterocycles. The Balaban J connectivity index is -0.0000000883. The lowest BCUT2D eigenvalue weighted by Crippen LogP contribution is -2.11. The molecule has 15 heavy (non-hydrogen) atoms. The summed E-state index contributed by atoms with van der Waals surface area (Å²) in [6.07, 6.45) is 3.86. The van der Waals surface area contributed by atoms with E-state index in [1.165, 1.54) is 0 Å². The molecule has 1 amide bonds. The van der Waals surface area contributed by atoms with Crippen molar-refractivity contribution in [3.63, 3.8) is 0 Å². The Kier molecular flexibility index (Phi) is 25.3. The molecular formula is C10H26ClN3O. The number of primary amides is 1. The van der Waals surface area contributed by atoms with Gasteiger partial charge < -0.3 is 16.8 Å². The number of hydrogen-bond donors (Lipinski definition) is 2. The lowest BCUT2D eigenvalue weighted by molar-refractivity contribution is -0.114. The molecule has 0 rings (SSSR count). The predicted octanol–water partition coefficient (Wildman–Crippen LogP) is 1.98. The Bertz CT molecular complexity index is 167. The highest BCUT2D eigenvalue weighted by Gasteiger charge is 1.93. The summed E-state index contributed by atoms with van der Waals surface area (Å²) < 4.78 is 0. The maximum Gasteiger partial charge on any atom is 0.244 e. The second-order valence-corrected chi connectivity index (χ2v) is 3.38. The van der Waals surface area contributed by atoms with E-state index in [4.69, 9.17) is 5.73 Å². The maximum absolute atomic E-state index is 10.4. The highest BCUT2D eigenvalue weighted by Crippen LogP contribution is 1.95. The van der Waals surface area contributed by atoms with Crippen LogP contribution in [0.5, 0.6) is 0 Å². The first-order valence-electron chi connectivity index (χ1n) is 4.49. The van der Waals surface area contributed by atoms with E-state index in [9.17, 15) is 4.79 Å². The molecule has 4 nitrogen and oxygen atoms in total. The monoisotopic (exact) mass is 239 g/mol. The summed E-state index contributed by atoms with van der Waals surface area (Å²) in [6.45, 7) is 3.79. The number of allylic oxidation sites excluding steroid dienone is 1. The minimum absolute atomic E-state index is 0. The molecule has 0 radical (unpaired) electrons. The molecule has 0 spiro atoms. The van der Waals surface area contributed by atoms with Crippen molar-refractivity contribution in [1.29, 1.82) is 0 Å². The van der Waals surface area contributed by atoms with Crippen LogP contribution in [0, 0.1) is 0 Å². The van der Waals surface area contributed by atoms with Crippen LogP contribution in [0.1, 0.15) is 26.7 Å². The molecule has 0 aromatic carbocycles. The quantitative estimate of drug-likeness (QED) is 0.739. The molecule has 0 fully saturated rings. The highest BCUT2D eigenvalue weighted by atomic mass is 35.5. The van der Waals surface area contributed by atoms with Gasteiger partial charge >= 0.3 is 0 Å². The Morgan fingerprint density at radius 3 is 1.87 bits per heavy atom. The fraction of sp³-hybridized carbons (Fsp3) is 0.700. The standard InChI is InChI=1S/C7H13NO.C3H9N.ClH.H3N/c1-3-4-5-6(2)7(8)9;1-4(2)3;;/h5H,3-4H2,1-2H3,(H2,8,9);1-3H3;1H;1H3. The van der Waals surface area contributed by atoms with E-state index in [2.05, 4.69) is 6.92 Å². The maximum atomic E-state index is 10.4. The lowest BCUT2D eigenvalue weighted by atomic mass is 10.2. The molecular weight excluding hydrogens is 214 g/mol. The number of rotatable bonds is 3. The van der Waals surface area contributed by atoms with Crippen molar-refractivity contribution in [2.45, 2.75) is 26.7 Å². The zero-order chi connectivity index (χ0) is 10.9. The number of nitrogens with zero attached hydrogens (tertiary/aromatic N) is 1. The molecule has 0 saturated carbocycles. The molecule has 5 heteroatoms. The summed E-state index contributed by atoms with van der Waals surface area (Å²) in [5.74, 6) is -0.316. The molecule has 0 aliphatic heterocycles. The van der Waals surface area contributed by atoms with Crippen LogP contribution in [-0.4, -0.2) is 32.0 Å². The van der Waals surface area contributed by atoms with Gasteiger partial charge in [0.15, 0.2) is 0 Å². The van der Waals surface area contributed by atoms with E-state index in [0.717, 1.165) is 12.8 Å². The average molecular weight is 240 g/mol. The molecule has 0 aliphatic rings. The second-order valence-electron chi connectivity index (χ2n) is 3.38. The van der Waals surface area contributed by atoms with Crippen molar-refractivity contribution in [3.8, 4) is 0 Å². The van der Waals surface area contributed by atoms with Crippen LogP contribution in [0.25, 0.3) is 0 Å². The van der Waals surface area contributed by atoms with Gasteiger partial charge in [0.05, 0.1) is 0 Å². The Labute approximate surface area is 99.9 Å². The second kappa shape index (κ2) is 15.9. The number of carbonyl (C=O) groups is 1. The van der Waals surface area contributed by atoms with Gasteiger partial charge in [0.2, 0.25) is 5.91 Å². The number of halogens is 1. The molecule has 0 bridgehead atoms. The van der Waals surface area contributed by atoms with Crippen molar-refractivity contribution in [2.75, 3.05) is 21.1 Å². The lowest BCUT2D eigenvalue weighted by Gasteiger charge is -1.90.